The molecule has 0 spiro atoms. The Morgan fingerprint density at radius 3 is 1.16 bits per heavy atom. The first-order valence-corrected chi connectivity index (χ1v) is 38.5. The van der Waals surface area contributed by atoms with Crippen LogP contribution in [0.5, 0.6) is 0 Å². The summed E-state index contributed by atoms with van der Waals surface area (Å²) >= 11 is 0. The monoisotopic (exact) mass is 1310 g/mol. The third-order valence-electron chi connectivity index (χ3n) is 25.1. The van der Waals surface area contributed by atoms with Crippen molar-refractivity contribution in [2.24, 2.45) is 23.7 Å². The second-order valence-electron chi connectivity index (χ2n) is 30.5. The number of nitrogens with zero attached hydrogens (tertiary/aromatic N) is 4. The van der Waals surface area contributed by atoms with Gasteiger partial charge in [-0.05, 0) is 249 Å². The van der Waals surface area contributed by atoms with Gasteiger partial charge in [-0.25, -0.2) is 0 Å². The predicted molar refractivity (Wildman–Crippen MR) is 429 cm³/mol. The smallest absolute Gasteiger partial charge is 0.252 e. The lowest BCUT2D eigenvalue weighted by atomic mass is 9.33. The highest BCUT2D eigenvalue weighted by Crippen LogP contribution is 2.55. The summed E-state index contributed by atoms with van der Waals surface area (Å²) in [5, 5.41) is 5.16. The average Bonchev–Trinajstić information content (AvgIpc) is 0.927. The molecule has 0 saturated carbocycles. The van der Waals surface area contributed by atoms with Gasteiger partial charge in [0.25, 0.3) is 6.71 Å². The van der Waals surface area contributed by atoms with Crippen LogP contribution in [0, 0.1) is 23.7 Å². The van der Waals surface area contributed by atoms with Gasteiger partial charge in [-0.3, -0.25) is 0 Å². The van der Waals surface area contributed by atoms with Crippen molar-refractivity contribution in [2.75, 3.05) is 9.80 Å². The Morgan fingerprint density at radius 2 is 0.752 bits per heavy atom. The number of allylic oxidation sites excluding steroid dienone is 8. The van der Waals surface area contributed by atoms with Crippen LogP contribution in [0.2, 0.25) is 0 Å². The van der Waals surface area contributed by atoms with Crippen molar-refractivity contribution in [3.05, 3.63) is 295 Å². The average molecular weight is 1310 g/mol. The van der Waals surface area contributed by atoms with Gasteiger partial charge in [0, 0.05) is 67.5 Å². The highest BCUT2D eigenvalue weighted by Gasteiger charge is 2.51. The Bertz CT molecular complexity index is 5020. The van der Waals surface area contributed by atoms with Gasteiger partial charge in [-0.2, -0.15) is 0 Å². The summed E-state index contributed by atoms with van der Waals surface area (Å²) in [4.78, 5) is 6.14. The molecule has 0 radical (unpaired) electrons. The van der Waals surface area contributed by atoms with Crippen molar-refractivity contribution in [1.29, 1.82) is 0 Å². The first kappa shape index (κ1) is 60.8. The van der Waals surface area contributed by atoms with Crippen LogP contribution < -0.4 is 26.2 Å². The third kappa shape index (κ3) is 10.1. The molecule has 6 atom stereocenters. The molecule has 12 aromatic rings. The van der Waals surface area contributed by atoms with Gasteiger partial charge >= 0.3 is 0 Å². The molecule has 0 amide bonds. The van der Waals surface area contributed by atoms with E-state index in [1.54, 1.807) is 22.3 Å². The molecule has 4 nitrogen and oxygen atoms in total. The summed E-state index contributed by atoms with van der Waals surface area (Å²) in [5.74, 6) is 1.58. The Hall–Kier alpha value is -10.1. The molecule has 2 aliphatic heterocycles. The van der Waals surface area contributed by atoms with Gasteiger partial charge in [0.15, 0.2) is 0 Å². The molecule has 5 heteroatoms. The molecule has 6 aliphatic carbocycles. The zero-order valence-corrected chi connectivity index (χ0v) is 58.0. The zero-order chi connectivity index (χ0) is 66.5. The van der Waals surface area contributed by atoms with Crippen LogP contribution in [-0.2, 0) is 0 Å². The highest BCUT2D eigenvalue weighted by atomic mass is 15.2. The molecule has 10 aromatic carbocycles. The number of anilines is 4. The minimum atomic E-state index is -0.0918. The molecule has 0 fully saturated rings. The van der Waals surface area contributed by atoms with E-state index in [1.165, 1.54) is 179 Å². The van der Waals surface area contributed by atoms with Gasteiger partial charge in [0.05, 0.1) is 34.2 Å². The normalized spacial score (nSPS) is 21.8. The molecule has 494 valence electrons. The van der Waals surface area contributed by atoms with Crippen molar-refractivity contribution >= 4 is 89.5 Å². The van der Waals surface area contributed by atoms with Gasteiger partial charge in [0.1, 0.15) is 0 Å². The first-order valence-electron chi connectivity index (χ1n) is 38.5. The van der Waals surface area contributed by atoms with E-state index < -0.39 is 0 Å². The van der Waals surface area contributed by atoms with Crippen LogP contribution in [0.4, 0.5) is 22.7 Å². The lowest BCUT2D eigenvalue weighted by molar-refractivity contribution is 0.391. The highest BCUT2D eigenvalue weighted by molar-refractivity contribution is 7.00. The SMILES string of the molecule is C1=CCC(C2=CCCC(C3=CCCCC3)C2N2c3cc(-n4c5ccccc5c5ccccc54)ccc3B3c4ccc(-n5c6ccccc6c6ccccc65)cc4N(C4C(C5CC=CCC5)=CCCC4C4=CCCCC4)c4cc(-c5c(-c6ccccc6)cccc5-c5ccccc5)cc2c43)CC1. The number of para-hydroxylation sites is 4. The standard InChI is InChI=1S/C96H87BN4/c1-7-30-64(31-8-1)73-46-27-47-74(65-32-9-2-10-33-65)93(73)70-60-91-94-92(61-70)101(96-77(68-38-15-5-16-39-68)50-29-51-78(96)69-40-17-6-18-41-69)90-63-72(99-87-54-25-21-44-81(87)82-45-22-26-55-88(82)99)57-59-84(90)97(94)83-58-56-71(98-85-52-23-19-42-79(85)80-43-20-24-53-86(80)98)62-89(83)100(91)95-75(66-34-11-3-12-35-66)48-28-49-76(95)67-36-13-4-14-37-67/h1-3,5,7-11,15,19-27,30-33,36,40,42-48,50,52-63,66,68,76,78,95-96H,4,6,12-14,16-18,28-29,34-35,37-39,41,49,51H2. The van der Waals surface area contributed by atoms with E-state index in [-0.39, 0.29) is 18.8 Å². The Morgan fingerprint density at radius 1 is 0.327 bits per heavy atom. The summed E-state index contributed by atoms with van der Waals surface area (Å²) in [6.07, 6.45) is 42.0. The fourth-order valence-corrected chi connectivity index (χ4v) is 20.8. The summed E-state index contributed by atoms with van der Waals surface area (Å²) in [6.45, 7) is -0.0918. The fraction of sp³-hybridized carbons (Fsp3) is 0.250. The predicted octanol–water partition coefficient (Wildman–Crippen LogP) is 23.4. The van der Waals surface area contributed by atoms with E-state index in [1.807, 2.05) is 0 Å². The number of aromatic nitrogens is 2. The largest absolute Gasteiger partial charge is 0.334 e. The second-order valence-corrected chi connectivity index (χ2v) is 30.5. The van der Waals surface area contributed by atoms with Gasteiger partial charge in [0.2, 0.25) is 0 Å². The second kappa shape index (κ2) is 25.5. The van der Waals surface area contributed by atoms with E-state index in [2.05, 4.69) is 292 Å². The Balaban J connectivity index is 0.953. The summed E-state index contributed by atoms with van der Waals surface area (Å²) < 4.78 is 5.19. The number of hydrogen-bond acceptors (Lipinski definition) is 2. The minimum absolute atomic E-state index is 0.0850. The molecule has 0 N–H and O–H groups in total. The molecule has 20 rings (SSSR count). The Labute approximate surface area is 596 Å². The first-order chi connectivity index (χ1) is 50.2. The van der Waals surface area contributed by atoms with Crippen LogP contribution in [0.25, 0.3) is 88.4 Å². The summed E-state index contributed by atoms with van der Waals surface area (Å²) in [7, 11) is 0. The summed E-state index contributed by atoms with van der Waals surface area (Å²) in [5.41, 5.74) is 31.4. The van der Waals surface area contributed by atoms with E-state index in [0.29, 0.717) is 23.7 Å². The molecule has 4 heterocycles. The van der Waals surface area contributed by atoms with Gasteiger partial charge in [-0.1, -0.05) is 224 Å². The maximum absolute atomic E-state index is 3.07. The number of fused-ring (bicyclic) bond motifs is 10. The summed E-state index contributed by atoms with van der Waals surface area (Å²) in [6, 6.07) is 87.9. The maximum atomic E-state index is 3.07. The van der Waals surface area contributed by atoms with Crippen molar-refractivity contribution in [3.63, 3.8) is 0 Å². The lowest BCUT2D eigenvalue weighted by Crippen LogP contribution is -2.65. The van der Waals surface area contributed by atoms with E-state index in [4.69, 9.17) is 0 Å². The molecule has 8 aliphatic rings. The van der Waals surface area contributed by atoms with Crippen LogP contribution in [-0.4, -0.2) is 27.9 Å². The van der Waals surface area contributed by atoms with Crippen molar-refractivity contribution in [3.8, 4) is 44.8 Å². The molecule has 0 saturated heterocycles. The van der Waals surface area contributed by atoms with Crippen LogP contribution in [0.15, 0.2) is 295 Å². The quantitative estimate of drug-likeness (QED) is 0.0948. The van der Waals surface area contributed by atoms with E-state index >= 15 is 0 Å². The van der Waals surface area contributed by atoms with Gasteiger partial charge in [-0.15, -0.1) is 0 Å². The molecule has 0 bridgehead atoms. The van der Waals surface area contributed by atoms with Crippen molar-refractivity contribution < 1.29 is 0 Å². The lowest BCUT2D eigenvalue weighted by Gasteiger charge is -2.53. The third-order valence-corrected chi connectivity index (χ3v) is 25.1. The van der Waals surface area contributed by atoms with E-state index in [9.17, 15) is 0 Å². The van der Waals surface area contributed by atoms with Crippen LogP contribution in [0.1, 0.15) is 116 Å². The molecular formula is C96H87BN4. The molecular weight excluding hydrogens is 1220 g/mol. The molecule has 6 unspecified atom stereocenters. The van der Waals surface area contributed by atoms with Gasteiger partial charge < -0.3 is 18.9 Å². The minimum Gasteiger partial charge on any atom is -0.334 e. The molecule has 2 aromatic heterocycles. The number of hydrogen-bond donors (Lipinski definition) is 0. The Kier molecular flexibility index (Phi) is 15.4. The van der Waals surface area contributed by atoms with Crippen LogP contribution >= 0.6 is 0 Å². The number of rotatable bonds is 11. The fourth-order valence-electron chi connectivity index (χ4n) is 20.8. The molecule has 101 heavy (non-hydrogen) atoms. The number of benzene rings is 10. The maximum Gasteiger partial charge on any atom is 0.252 e. The zero-order valence-electron chi connectivity index (χ0n) is 58.0. The van der Waals surface area contributed by atoms with Crippen molar-refractivity contribution in [1.82, 2.24) is 9.13 Å². The van der Waals surface area contributed by atoms with E-state index in [0.717, 1.165) is 64.2 Å². The van der Waals surface area contributed by atoms with Crippen molar-refractivity contribution in [2.45, 2.75) is 128 Å². The topological polar surface area (TPSA) is 16.3 Å². The van der Waals surface area contributed by atoms with Crippen LogP contribution in [0.3, 0.4) is 0 Å².